The summed E-state index contributed by atoms with van der Waals surface area (Å²) in [7, 11) is -3.15. The van der Waals surface area contributed by atoms with Gasteiger partial charge in [0.2, 0.25) is 0 Å². The first-order chi connectivity index (χ1) is 5.82. The Morgan fingerprint density at radius 1 is 1.62 bits per heavy atom. The fourth-order valence-corrected chi connectivity index (χ4v) is 2.66. The number of aliphatic hydroxyl groups is 1. The van der Waals surface area contributed by atoms with Crippen molar-refractivity contribution >= 4 is 15.8 Å². The normalized spacial score (nSPS) is 32.9. The molecule has 0 bridgehead atoms. The van der Waals surface area contributed by atoms with Crippen LogP contribution in [0.2, 0.25) is 0 Å². The molecule has 0 aromatic carbocycles. The largest absolute Gasteiger partial charge is 0.481 e. The molecule has 0 aromatic rings. The van der Waals surface area contributed by atoms with E-state index in [4.69, 9.17) is 10.2 Å². The molecule has 0 unspecified atom stereocenters. The Labute approximate surface area is 76.3 Å². The van der Waals surface area contributed by atoms with E-state index >= 15 is 0 Å². The molecule has 0 radical (unpaired) electrons. The summed E-state index contributed by atoms with van der Waals surface area (Å²) in [6.07, 6.45) is 1.32. The summed E-state index contributed by atoms with van der Waals surface area (Å²) < 4.78 is 21.7. The van der Waals surface area contributed by atoms with E-state index in [0.29, 0.717) is 0 Å². The Bertz CT molecular complexity index is 320. The molecular formula is C7H12O5S. The highest BCUT2D eigenvalue weighted by molar-refractivity contribution is 7.90. The zero-order chi connectivity index (χ0) is 10.3. The zero-order valence-corrected chi connectivity index (χ0v) is 8.04. The van der Waals surface area contributed by atoms with E-state index in [1.807, 2.05) is 0 Å². The van der Waals surface area contributed by atoms with Crippen molar-refractivity contribution in [2.75, 3.05) is 18.6 Å². The number of aliphatic carboxylic acids is 1. The van der Waals surface area contributed by atoms with Crippen molar-refractivity contribution in [3.05, 3.63) is 0 Å². The van der Waals surface area contributed by atoms with Crippen molar-refractivity contribution in [3.63, 3.8) is 0 Å². The lowest BCUT2D eigenvalue weighted by Crippen LogP contribution is -2.24. The predicted octanol–water partition coefficient (Wildman–Crippen LogP) is -0.886. The Balaban J connectivity index is 2.67. The van der Waals surface area contributed by atoms with Crippen LogP contribution in [-0.4, -0.2) is 43.2 Å². The Morgan fingerprint density at radius 2 is 2.15 bits per heavy atom. The van der Waals surface area contributed by atoms with Gasteiger partial charge in [-0.05, 0) is 12.3 Å². The van der Waals surface area contributed by atoms with Crippen LogP contribution in [-0.2, 0) is 14.6 Å². The second-order valence-electron chi connectivity index (χ2n) is 3.61. The Hall–Kier alpha value is -0.620. The second kappa shape index (κ2) is 2.95. The summed E-state index contributed by atoms with van der Waals surface area (Å²) in [5, 5.41) is 17.5. The zero-order valence-electron chi connectivity index (χ0n) is 7.23. The van der Waals surface area contributed by atoms with Gasteiger partial charge in [-0.15, -0.1) is 0 Å². The lowest BCUT2D eigenvalue weighted by Gasteiger charge is -2.06. The number of hydrogen-bond donors (Lipinski definition) is 2. The highest BCUT2D eigenvalue weighted by Crippen LogP contribution is 2.52. The van der Waals surface area contributed by atoms with Crippen LogP contribution >= 0.6 is 0 Å². The summed E-state index contributed by atoms with van der Waals surface area (Å²) in [4.78, 5) is 10.7. The third kappa shape index (κ3) is 2.00. The number of sulfone groups is 1. The quantitative estimate of drug-likeness (QED) is 0.625. The summed E-state index contributed by atoms with van der Waals surface area (Å²) in [6, 6.07) is 0. The number of aliphatic hydroxyl groups excluding tert-OH is 1. The van der Waals surface area contributed by atoms with Gasteiger partial charge in [0.25, 0.3) is 0 Å². The Morgan fingerprint density at radius 3 is 2.38 bits per heavy atom. The van der Waals surface area contributed by atoms with Gasteiger partial charge in [0.1, 0.15) is 9.84 Å². The lowest BCUT2D eigenvalue weighted by molar-refractivity contribution is -0.145. The summed E-state index contributed by atoms with van der Waals surface area (Å²) in [5.41, 5.74) is -1.19. The number of carbonyl (C=O) groups is 1. The Kier molecular flexibility index (Phi) is 2.38. The van der Waals surface area contributed by atoms with E-state index in [0.717, 1.165) is 6.26 Å². The van der Waals surface area contributed by atoms with E-state index in [2.05, 4.69) is 0 Å². The highest BCUT2D eigenvalue weighted by Gasteiger charge is 2.60. The smallest absolute Gasteiger partial charge is 0.312 e. The van der Waals surface area contributed by atoms with Crippen molar-refractivity contribution in [2.45, 2.75) is 6.42 Å². The van der Waals surface area contributed by atoms with Gasteiger partial charge in [-0.2, -0.15) is 0 Å². The minimum Gasteiger partial charge on any atom is -0.481 e. The molecule has 5 nitrogen and oxygen atoms in total. The first-order valence-electron chi connectivity index (χ1n) is 3.84. The van der Waals surface area contributed by atoms with Gasteiger partial charge < -0.3 is 10.2 Å². The average molecular weight is 208 g/mol. The van der Waals surface area contributed by atoms with Crippen LogP contribution in [0.25, 0.3) is 0 Å². The lowest BCUT2D eigenvalue weighted by atomic mass is 10.1. The van der Waals surface area contributed by atoms with Crippen molar-refractivity contribution in [1.82, 2.24) is 0 Å². The van der Waals surface area contributed by atoms with Gasteiger partial charge in [0, 0.05) is 6.26 Å². The first-order valence-corrected chi connectivity index (χ1v) is 5.90. The number of rotatable bonds is 4. The van der Waals surface area contributed by atoms with Gasteiger partial charge in [-0.25, -0.2) is 8.42 Å². The van der Waals surface area contributed by atoms with E-state index < -0.39 is 33.7 Å². The maximum absolute atomic E-state index is 10.8. The third-order valence-electron chi connectivity index (χ3n) is 2.44. The van der Waals surface area contributed by atoms with Crippen molar-refractivity contribution in [2.24, 2.45) is 11.3 Å². The van der Waals surface area contributed by atoms with Gasteiger partial charge in [0.15, 0.2) is 0 Å². The molecule has 6 heteroatoms. The summed E-state index contributed by atoms with van der Waals surface area (Å²) >= 11 is 0. The number of hydrogen-bond acceptors (Lipinski definition) is 4. The minimum absolute atomic E-state index is 0.153. The van der Waals surface area contributed by atoms with Crippen LogP contribution < -0.4 is 0 Å². The molecule has 0 spiro atoms. The topological polar surface area (TPSA) is 91.7 Å². The first kappa shape index (κ1) is 10.5. The highest BCUT2D eigenvalue weighted by atomic mass is 32.2. The van der Waals surface area contributed by atoms with Crippen LogP contribution in [0.15, 0.2) is 0 Å². The molecule has 0 aromatic heterocycles. The summed E-state index contributed by atoms with van der Waals surface area (Å²) in [6.45, 7) is -0.484. The molecule has 1 aliphatic carbocycles. The van der Waals surface area contributed by atoms with Gasteiger partial charge in [0.05, 0.1) is 17.8 Å². The molecular weight excluding hydrogens is 196 g/mol. The monoisotopic (exact) mass is 208 g/mol. The standard InChI is InChI=1S/C7H12O5S/c1-13(11,12)3-5-2-7(5,4-8)6(9)10/h5,8H,2-4H2,1H3,(H,9,10)/t5-,7-/m1/s1. The van der Waals surface area contributed by atoms with Crippen LogP contribution in [0, 0.1) is 11.3 Å². The van der Waals surface area contributed by atoms with Crippen molar-refractivity contribution in [3.8, 4) is 0 Å². The molecule has 76 valence electrons. The molecule has 2 atom stereocenters. The molecule has 0 aliphatic heterocycles. The minimum atomic E-state index is -3.15. The van der Waals surface area contributed by atoms with Crippen LogP contribution in [0.1, 0.15) is 6.42 Å². The number of carboxylic acid groups (broad SMARTS) is 1. The third-order valence-corrected chi connectivity index (χ3v) is 3.45. The molecule has 13 heavy (non-hydrogen) atoms. The maximum Gasteiger partial charge on any atom is 0.312 e. The molecule has 1 aliphatic rings. The van der Waals surface area contributed by atoms with Gasteiger partial charge >= 0.3 is 5.97 Å². The molecule has 1 fully saturated rings. The van der Waals surface area contributed by atoms with Gasteiger partial charge in [-0.3, -0.25) is 4.79 Å². The van der Waals surface area contributed by atoms with Crippen molar-refractivity contribution in [1.29, 1.82) is 0 Å². The van der Waals surface area contributed by atoms with E-state index in [1.54, 1.807) is 0 Å². The SMILES string of the molecule is CS(=O)(=O)C[C@H]1C[C@]1(CO)C(=O)O. The fraction of sp³-hybridized carbons (Fsp3) is 0.857. The molecule has 1 rings (SSSR count). The maximum atomic E-state index is 10.8. The molecule has 0 saturated heterocycles. The van der Waals surface area contributed by atoms with Crippen LogP contribution in [0.5, 0.6) is 0 Å². The van der Waals surface area contributed by atoms with Gasteiger partial charge in [-0.1, -0.05) is 0 Å². The molecule has 0 heterocycles. The van der Waals surface area contributed by atoms with E-state index in [-0.39, 0.29) is 12.2 Å². The fourth-order valence-electron chi connectivity index (χ4n) is 1.49. The predicted molar refractivity (Wildman–Crippen MR) is 45.0 cm³/mol. The van der Waals surface area contributed by atoms with Crippen LogP contribution in [0.4, 0.5) is 0 Å². The molecule has 1 saturated carbocycles. The average Bonchev–Trinajstić information content (AvgIpc) is 2.60. The van der Waals surface area contributed by atoms with E-state index in [9.17, 15) is 13.2 Å². The van der Waals surface area contributed by atoms with Crippen LogP contribution in [0.3, 0.4) is 0 Å². The van der Waals surface area contributed by atoms with Crippen molar-refractivity contribution < 1.29 is 23.4 Å². The van der Waals surface area contributed by atoms with E-state index in [1.165, 1.54) is 0 Å². The summed E-state index contributed by atoms with van der Waals surface area (Å²) in [5.74, 6) is -1.69. The second-order valence-corrected chi connectivity index (χ2v) is 5.80. The molecule has 2 N–H and O–H groups in total. The molecule has 0 amide bonds. The number of carboxylic acids is 1.